The van der Waals surface area contributed by atoms with Crippen LogP contribution in [0.1, 0.15) is 10.4 Å². The topological polar surface area (TPSA) is 87.7 Å². The number of amides is 1. The number of methoxy groups -OCH3 is 1. The molecule has 0 saturated carbocycles. The number of sulfonamides is 1. The summed E-state index contributed by atoms with van der Waals surface area (Å²) in [4.78, 5) is 12.6. The van der Waals surface area contributed by atoms with Crippen molar-refractivity contribution in [3.63, 3.8) is 0 Å². The summed E-state index contributed by atoms with van der Waals surface area (Å²) in [6.07, 6.45) is 0. The highest BCUT2D eigenvalue weighted by atomic mass is 127. The lowest BCUT2D eigenvalue weighted by Gasteiger charge is -2.19. The van der Waals surface area contributed by atoms with Crippen LogP contribution in [0.4, 0.5) is 11.4 Å². The SMILES string of the molecule is COc1ccc(C(=O)NC(=S)Nc2ccc(S(=O)(=O)N(C)c3ccccc3)cc2)cc1I. The number of thiocarbonyl (C=S) groups is 1. The van der Waals surface area contributed by atoms with Crippen LogP contribution in [0, 0.1) is 3.57 Å². The third kappa shape index (κ3) is 5.56. The maximum absolute atomic E-state index is 12.9. The second-order valence-corrected chi connectivity index (χ2v) is 10.1. The number of ether oxygens (including phenoxy) is 1. The van der Waals surface area contributed by atoms with Crippen LogP contribution < -0.4 is 19.7 Å². The lowest BCUT2D eigenvalue weighted by atomic mass is 10.2. The fourth-order valence-electron chi connectivity index (χ4n) is 2.79. The van der Waals surface area contributed by atoms with Gasteiger partial charge in [-0.05, 0) is 89.4 Å². The highest BCUT2D eigenvalue weighted by Crippen LogP contribution is 2.23. The summed E-state index contributed by atoms with van der Waals surface area (Å²) in [5.74, 6) is 0.308. The summed E-state index contributed by atoms with van der Waals surface area (Å²) in [5.41, 5.74) is 1.54. The molecule has 166 valence electrons. The van der Waals surface area contributed by atoms with Crippen LogP contribution in [0.3, 0.4) is 0 Å². The van der Waals surface area contributed by atoms with Gasteiger partial charge in [0.15, 0.2) is 5.11 Å². The lowest BCUT2D eigenvalue weighted by Crippen LogP contribution is -2.34. The van der Waals surface area contributed by atoms with E-state index in [2.05, 4.69) is 33.2 Å². The number of hydrogen-bond donors (Lipinski definition) is 2. The van der Waals surface area contributed by atoms with E-state index in [1.165, 1.54) is 23.5 Å². The minimum absolute atomic E-state index is 0.0952. The summed E-state index contributed by atoms with van der Waals surface area (Å²) in [7, 11) is -0.646. The number of carbonyl (C=O) groups excluding carboxylic acids is 1. The normalized spacial score (nSPS) is 10.8. The van der Waals surface area contributed by atoms with Crippen molar-refractivity contribution in [2.24, 2.45) is 0 Å². The molecule has 3 aromatic rings. The molecule has 10 heteroatoms. The Bertz CT molecular complexity index is 1230. The summed E-state index contributed by atoms with van der Waals surface area (Å²) in [6, 6.07) is 20.0. The summed E-state index contributed by atoms with van der Waals surface area (Å²) in [6.45, 7) is 0. The van der Waals surface area contributed by atoms with Gasteiger partial charge >= 0.3 is 0 Å². The fourth-order valence-corrected chi connectivity index (χ4v) is 4.93. The highest BCUT2D eigenvalue weighted by Gasteiger charge is 2.21. The Balaban J connectivity index is 1.65. The molecule has 0 unspecified atom stereocenters. The van der Waals surface area contributed by atoms with Crippen molar-refractivity contribution in [3.8, 4) is 5.75 Å². The standard InChI is InChI=1S/C22H20IN3O4S2/c1-26(17-6-4-3-5-7-17)32(28,29)18-11-9-16(10-12-18)24-22(31)25-21(27)15-8-13-20(30-2)19(23)14-15/h3-14H,1-2H3,(H2,24,25,27,31). The molecular weight excluding hydrogens is 561 g/mol. The maximum Gasteiger partial charge on any atom is 0.264 e. The number of hydrogen-bond acceptors (Lipinski definition) is 5. The monoisotopic (exact) mass is 581 g/mol. The molecule has 0 aliphatic rings. The van der Waals surface area contributed by atoms with Gasteiger partial charge in [0.2, 0.25) is 0 Å². The Kier molecular flexibility index (Phi) is 7.69. The van der Waals surface area contributed by atoms with E-state index >= 15 is 0 Å². The van der Waals surface area contributed by atoms with E-state index in [1.54, 1.807) is 61.7 Å². The van der Waals surface area contributed by atoms with Crippen LogP contribution >= 0.6 is 34.8 Å². The number of anilines is 2. The van der Waals surface area contributed by atoms with Crippen molar-refractivity contribution in [2.75, 3.05) is 23.8 Å². The van der Waals surface area contributed by atoms with Gasteiger partial charge in [0.05, 0.1) is 21.3 Å². The number of rotatable bonds is 6. The second kappa shape index (κ2) is 10.3. The molecule has 0 spiro atoms. The zero-order chi connectivity index (χ0) is 23.3. The molecule has 32 heavy (non-hydrogen) atoms. The quantitative estimate of drug-likeness (QED) is 0.335. The Hall–Kier alpha value is -2.70. The number of carbonyl (C=O) groups is 1. The zero-order valence-electron chi connectivity index (χ0n) is 17.2. The van der Waals surface area contributed by atoms with E-state index < -0.39 is 10.0 Å². The average Bonchev–Trinajstić information content (AvgIpc) is 2.79. The van der Waals surface area contributed by atoms with Gasteiger partial charge in [-0.3, -0.25) is 14.4 Å². The number of para-hydroxylation sites is 1. The molecule has 0 saturated heterocycles. The molecule has 0 aliphatic carbocycles. The molecule has 2 N–H and O–H groups in total. The van der Waals surface area contributed by atoms with Gasteiger partial charge in [0.1, 0.15) is 5.75 Å². The number of nitrogens with zero attached hydrogens (tertiary/aromatic N) is 1. The van der Waals surface area contributed by atoms with Crippen LogP contribution in [-0.2, 0) is 10.0 Å². The molecule has 3 aromatic carbocycles. The molecule has 0 aromatic heterocycles. The van der Waals surface area contributed by atoms with Gasteiger partial charge in [-0.1, -0.05) is 18.2 Å². The van der Waals surface area contributed by atoms with E-state index in [4.69, 9.17) is 17.0 Å². The predicted molar refractivity (Wildman–Crippen MR) is 138 cm³/mol. The smallest absolute Gasteiger partial charge is 0.264 e. The number of nitrogens with one attached hydrogen (secondary N) is 2. The highest BCUT2D eigenvalue weighted by molar-refractivity contribution is 14.1. The Morgan fingerprint density at radius 1 is 1.03 bits per heavy atom. The maximum atomic E-state index is 12.9. The van der Waals surface area contributed by atoms with Gasteiger partial charge in [0, 0.05) is 18.3 Å². The molecule has 0 fully saturated rings. The van der Waals surface area contributed by atoms with Gasteiger partial charge in [-0.15, -0.1) is 0 Å². The molecule has 3 rings (SSSR count). The van der Waals surface area contributed by atoms with Crippen molar-refractivity contribution >= 4 is 67.2 Å². The number of halogens is 1. The van der Waals surface area contributed by atoms with Gasteiger partial charge < -0.3 is 10.1 Å². The molecule has 0 radical (unpaired) electrons. The van der Waals surface area contributed by atoms with E-state index in [9.17, 15) is 13.2 Å². The fraction of sp³-hybridized carbons (Fsp3) is 0.0909. The zero-order valence-corrected chi connectivity index (χ0v) is 21.0. The van der Waals surface area contributed by atoms with Gasteiger partial charge in [-0.2, -0.15) is 0 Å². The van der Waals surface area contributed by atoms with Crippen LogP contribution in [0.2, 0.25) is 0 Å². The van der Waals surface area contributed by atoms with Gasteiger partial charge in [-0.25, -0.2) is 8.42 Å². The third-order valence-electron chi connectivity index (χ3n) is 4.53. The minimum Gasteiger partial charge on any atom is -0.496 e. The Morgan fingerprint density at radius 3 is 2.28 bits per heavy atom. The first-order chi connectivity index (χ1) is 15.2. The molecular formula is C22H20IN3O4S2. The molecule has 0 heterocycles. The van der Waals surface area contributed by atoms with E-state index in [1.807, 2.05) is 6.07 Å². The summed E-state index contributed by atoms with van der Waals surface area (Å²) < 4.78 is 32.9. The second-order valence-electron chi connectivity index (χ2n) is 6.59. The largest absolute Gasteiger partial charge is 0.496 e. The van der Waals surface area contributed by atoms with Crippen molar-refractivity contribution in [1.82, 2.24) is 5.32 Å². The molecule has 0 aliphatic heterocycles. The Morgan fingerprint density at radius 2 is 1.69 bits per heavy atom. The lowest BCUT2D eigenvalue weighted by molar-refractivity contribution is 0.0977. The van der Waals surface area contributed by atoms with E-state index in [-0.39, 0.29) is 15.9 Å². The van der Waals surface area contributed by atoms with Crippen LogP contribution in [0.15, 0.2) is 77.7 Å². The molecule has 1 amide bonds. The average molecular weight is 581 g/mol. The van der Waals surface area contributed by atoms with Crippen molar-refractivity contribution < 1.29 is 17.9 Å². The van der Waals surface area contributed by atoms with Crippen LogP contribution in [-0.4, -0.2) is 33.6 Å². The summed E-state index contributed by atoms with van der Waals surface area (Å²) in [5, 5.41) is 5.58. The van der Waals surface area contributed by atoms with Gasteiger partial charge in [0.25, 0.3) is 15.9 Å². The Labute approximate surface area is 206 Å². The third-order valence-corrected chi connectivity index (χ3v) is 7.38. The van der Waals surface area contributed by atoms with Crippen molar-refractivity contribution in [3.05, 3.63) is 81.9 Å². The first kappa shape index (κ1) is 24.0. The molecule has 0 atom stereocenters. The first-order valence-electron chi connectivity index (χ1n) is 9.32. The van der Waals surface area contributed by atoms with Crippen LogP contribution in [0.25, 0.3) is 0 Å². The number of benzene rings is 3. The van der Waals surface area contributed by atoms with Crippen molar-refractivity contribution in [1.29, 1.82) is 0 Å². The van der Waals surface area contributed by atoms with E-state index in [0.717, 1.165) is 3.57 Å². The van der Waals surface area contributed by atoms with Crippen LogP contribution in [0.5, 0.6) is 5.75 Å². The summed E-state index contributed by atoms with van der Waals surface area (Å²) >= 11 is 7.29. The minimum atomic E-state index is -3.71. The van der Waals surface area contributed by atoms with E-state index in [0.29, 0.717) is 22.7 Å². The van der Waals surface area contributed by atoms with Crippen molar-refractivity contribution in [2.45, 2.75) is 4.90 Å². The first-order valence-corrected chi connectivity index (χ1v) is 12.2. The molecule has 7 nitrogen and oxygen atoms in total. The predicted octanol–water partition coefficient (Wildman–Crippen LogP) is 4.25. The molecule has 0 bridgehead atoms.